The third kappa shape index (κ3) is 2.40. The van der Waals surface area contributed by atoms with Gasteiger partial charge < -0.3 is 0 Å². The van der Waals surface area contributed by atoms with Crippen LogP contribution in [0.4, 0.5) is 13.2 Å². The number of halogens is 3. The van der Waals surface area contributed by atoms with Crippen LogP contribution in [0.1, 0.15) is 15.9 Å². The zero-order valence-electron chi connectivity index (χ0n) is 9.11. The van der Waals surface area contributed by atoms with Crippen LogP contribution >= 0.6 is 0 Å². The molecule has 0 atom stereocenters. The Morgan fingerprint density at radius 2 is 1.72 bits per heavy atom. The molecule has 0 saturated heterocycles. The smallest absolute Gasteiger partial charge is 0.298 e. The number of aldehydes is 1. The lowest BCUT2D eigenvalue weighted by atomic mass is 9.98. The average Bonchev–Trinajstić information content (AvgIpc) is 2.38. The Morgan fingerprint density at radius 1 is 1.06 bits per heavy atom. The Morgan fingerprint density at radius 3 is 2.28 bits per heavy atom. The molecular weight excluding hydrogens is 243 g/mol. The molecule has 0 bridgehead atoms. The van der Waals surface area contributed by atoms with Crippen LogP contribution in [0, 0.1) is 0 Å². The number of rotatable bonds is 2. The van der Waals surface area contributed by atoms with Gasteiger partial charge in [-0.3, -0.25) is 9.78 Å². The molecule has 1 heterocycles. The molecule has 92 valence electrons. The molecule has 0 aliphatic carbocycles. The van der Waals surface area contributed by atoms with E-state index in [1.165, 1.54) is 36.7 Å². The fourth-order valence-corrected chi connectivity index (χ4v) is 1.65. The summed E-state index contributed by atoms with van der Waals surface area (Å²) in [4.78, 5) is 14.3. The largest absolute Gasteiger partial charge is 0.417 e. The van der Waals surface area contributed by atoms with Gasteiger partial charge in [-0.1, -0.05) is 12.1 Å². The highest BCUT2D eigenvalue weighted by Gasteiger charge is 2.33. The fourth-order valence-electron chi connectivity index (χ4n) is 1.65. The normalized spacial score (nSPS) is 11.3. The van der Waals surface area contributed by atoms with Gasteiger partial charge in [0.25, 0.3) is 0 Å². The number of hydrogen-bond acceptors (Lipinski definition) is 2. The molecular formula is C13H8F3NO. The van der Waals surface area contributed by atoms with Gasteiger partial charge in [-0.05, 0) is 29.3 Å². The summed E-state index contributed by atoms with van der Waals surface area (Å²) >= 11 is 0. The predicted octanol–water partition coefficient (Wildman–Crippen LogP) is 3.58. The average molecular weight is 251 g/mol. The highest BCUT2D eigenvalue weighted by molar-refractivity contribution is 5.79. The van der Waals surface area contributed by atoms with Gasteiger partial charge in [0.1, 0.15) is 6.29 Å². The van der Waals surface area contributed by atoms with Crippen molar-refractivity contribution in [1.82, 2.24) is 4.98 Å². The number of benzene rings is 1. The first-order chi connectivity index (χ1) is 8.52. The summed E-state index contributed by atoms with van der Waals surface area (Å²) in [5.74, 6) is 0. The van der Waals surface area contributed by atoms with Gasteiger partial charge in [0.2, 0.25) is 0 Å². The van der Waals surface area contributed by atoms with Crippen molar-refractivity contribution in [3.8, 4) is 11.1 Å². The van der Waals surface area contributed by atoms with Crippen molar-refractivity contribution in [2.45, 2.75) is 6.18 Å². The maximum absolute atomic E-state index is 12.9. The summed E-state index contributed by atoms with van der Waals surface area (Å²) in [7, 11) is 0. The predicted molar refractivity (Wildman–Crippen MR) is 60.1 cm³/mol. The minimum absolute atomic E-state index is 0.000121. The SMILES string of the molecule is O=Cc1ccc(-c2ccncc2)c(C(F)(F)F)c1. The highest BCUT2D eigenvalue weighted by Crippen LogP contribution is 2.37. The van der Waals surface area contributed by atoms with Crippen molar-refractivity contribution in [1.29, 1.82) is 0 Å². The number of carbonyl (C=O) groups excluding carboxylic acids is 1. The molecule has 0 amide bonds. The topological polar surface area (TPSA) is 30.0 Å². The molecule has 0 spiro atoms. The van der Waals surface area contributed by atoms with Crippen molar-refractivity contribution in [3.05, 3.63) is 53.9 Å². The summed E-state index contributed by atoms with van der Waals surface area (Å²) in [6.07, 6.45) is -1.27. The Labute approximate surface area is 101 Å². The van der Waals surface area contributed by atoms with Gasteiger partial charge in [0.15, 0.2) is 0 Å². The Kier molecular flexibility index (Phi) is 3.14. The van der Waals surface area contributed by atoms with Gasteiger partial charge in [-0.2, -0.15) is 13.2 Å². The summed E-state index contributed by atoms with van der Waals surface area (Å²) < 4.78 is 38.8. The van der Waals surface area contributed by atoms with E-state index >= 15 is 0 Å². The second-order valence-corrected chi connectivity index (χ2v) is 3.66. The number of nitrogens with zero attached hydrogens (tertiary/aromatic N) is 1. The van der Waals surface area contributed by atoms with Crippen molar-refractivity contribution < 1.29 is 18.0 Å². The quantitative estimate of drug-likeness (QED) is 0.763. The lowest BCUT2D eigenvalue weighted by Crippen LogP contribution is -2.08. The van der Waals surface area contributed by atoms with Crippen LogP contribution in [0.5, 0.6) is 0 Å². The van der Waals surface area contributed by atoms with E-state index in [-0.39, 0.29) is 11.1 Å². The third-order valence-corrected chi connectivity index (χ3v) is 2.48. The summed E-state index contributed by atoms with van der Waals surface area (Å²) in [5.41, 5.74) is -0.372. The van der Waals surface area contributed by atoms with E-state index in [0.29, 0.717) is 11.8 Å². The molecule has 5 heteroatoms. The first-order valence-electron chi connectivity index (χ1n) is 5.09. The molecule has 2 rings (SSSR count). The monoisotopic (exact) mass is 251 g/mol. The number of hydrogen-bond donors (Lipinski definition) is 0. The molecule has 2 aromatic rings. The number of pyridine rings is 1. The second kappa shape index (κ2) is 4.60. The maximum Gasteiger partial charge on any atom is 0.417 e. The zero-order chi connectivity index (χ0) is 13.2. The Hall–Kier alpha value is -2.17. The molecule has 0 aliphatic rings. The van der Waals surface area contributed by atoms with E-state index in [9.17, 15) is 18.0 Å². The number of carbonyl (C=O) groups is 1. The maximum atomic E-state index is 12.9. The summed E-state index contributed by atoms with van der Waals surface area (Å²) in [6.45, 7) is 0. The molecule has 0 radical (unpaired) electrons. The minimum atomic E-state index is -4.50. The van der Waals surface area contributed by atoms with Crippen molar-refractivity contribution >= 4 is 6.29 Å². The van der Waals surface area contributed by atoms with E-state index in [4.69, 9.17) is 0 Å². The van der Waals surface area contributed by atoms with Crippen LogP contribution in [-0.2, 0) is 6.18 Å². The van der Waals surface area contributed by atoms with E-state index in [1.54, 1.807) is 0 Å². The van der Waals surface area contributed by atoms with Crippen molar-refractivity contribution in [3.63, 3.8) is 0 Å². The van der Waals surface area contributed by atoms with Crippen molar-refractivity contribution in [2.24, 2.45) is 0 Å². The molecule has 1 aromatic heterocycles. The van der Waals surface area contributed by atoms with Crippen LogP contribution in [0.25, 0.3) is 11.1 Å². The molecule has 2 nitrogen and oxygen atoms in total. The zero-order valence-corrected chi connectivity index (χ0v) is 9.11. The van der Waals surface area contributed by atoms with E-state index in [0.717, 1.165) is 6.07 Å². The summed E-state index contributed by atoms with van der Waals surface area (Å²) in [6, 6.07) is 6.49. The lowest BCUT2D eigenvalue weighted by molar-refractivity contribution is -0.137. The van der Waals surface area contributed by atoms with Crippen LogP contribution in [0.2, 0.25) is 0 Å². The number of alkyl halides is 3. The first-order valence-corrected chi connectivity index (χ1v) is 5.09. The third-order valence-electron chi connectivity index (χ3n) is 2.48. The molecule has 0 unspecified atom stereocenters. The first kappa shape index (κ1) is 12.3. The minimum Gasteiger partial charge on any atom is -0.298 e. The van der Waals surface area contributed by atoms with Crippen molar-refractivity contribution in [2.75, 3.05) is 0 Å². The molecule has 0 aliphatic heterocycles. The van der Waals surface area contributed by atoms with Crippen LogP contribution in [0.15, 0.2) is 42.7 Å². The molecule has 0 fully saturated rings. The van der Waals surface area contributed by atoms with E-state index in [1.807, 2.05) is 0 Å². The van der Waals surface area contributed by atoms with Crippen LogP contribution in [0.3, 0.4) is 0 Å². The van der Waals surface area contributed by atoms with Gasteiger partial charge in [0, 0.05) is 18.0 Å². The van der Waals surface area contributed by atoms with Crippen LogP contribution in [-0.4, -0.2) is 11.3 Å². The Bertz CT molecular complexity index is 564. The summed E-state index contributed by atoms with van der Waals surface area (Å²) in [5, 5.41) is 0. The van der Waals surface area contributed by atoms with Gasteiger partial charge in [-0.25, -0.2) is 0 Å². The lowest BCUT2D eigenvalue weighted by Gasteiger charge is -2.13. The molecule has 1 aromatic carbocycles. The van der Waals surface area contributed by atoms with Gasteiger partial charge in [0.05, 0.1) is 5.56 Å². The molecule has 0 N–H and O–H groups in total. The number of aromatic nitrogens is 1. The Balaban J connectivity index is 2.64. The van der Waals surface area contributed by atoms with E-state index in [2.05, 4.69) is 4.98 Å². The van der Waals surface area contributed by atoms with Crippen LogP contribution < -0.4 is 0 Å². The highest BCUT2D eigenvalue weighted by atomic mass is 19.4. The molecule has 0 saturated carbocycles. The van der Waals surface area contributed by atoms with E-state index < -0.39 is 11.7 Å². The van der Waals surface area contributed by atoms with Gasteiger partial charge >= 0.3 is 6.18 Å². The van der Waals surface area contributed by atoms with Gasteiger partial charge in [-0.15, -0.1) is 0 Å². The molecule has 18 heavy (non-hydrogen) atoms. The standard InChI is InChI=1S/C13H8F3NO/c14-13(15,16)12-7-9(8-18)1-2-11(12)10-3-5-17-6-4-10/h1-8H. The second-order valence-electron chi connectivity index (χ2n) is 3.66. The fraction of sp³-hybridized carbons (Fsp3) is 0.0769.